The van der Waals surface area contributed by atoms with Crippen molar-refractivity contribution in [3.63, 3.8) is 0 Å². The smallest absolute Gasteiger partial charge is 0.119 e. The van der Waals surface area contributed by atoms with E-state index in [1.54, 1.807) is 0 Å². The third-order valence-electron chi connectivity index (χ3n) is 2.63. The van der Waals surface area contributed by atoms with E-state index in [2.05, 4.69) is 22.8 Å². The highest BCUT2D eigenvalue weighted by Crippen LogP contribution is 2.16. The third kappa shape index (κ3) is 2.86. The van der Waals surface area contributed by atoms with Crippen LogP contribution in [0.4, 0.5) is 5.69 Å². The molecule has 1 aliphatic heterocycles. The summed E-state index contributed by atoms with van der Waals surface area (Å²) in [5.74, 6) is 1.73. The van der Waals surface area contributed by atoms with E-state index in [-0.39, 0.29) is 0 Å². The normalized spacial score (nSPS) is 15.8. The summed E-state index contributed by atoms with van der Waals surface area (Å²) in [7, 11) is 0. The average Bonchev–Trinajstić information content (AvgIpc) is 2.19. The maximum Gasteiger partial charge on any atom is 0.119 e. The molecule has 0 atom stereocenters. The van der Waals surface area contributed by atoms with Gasteiger partial charge in [-0.2, -0.15) is 0 Å². The fraction of sp³-hybridized carbons (Fsp3) is 0.500. The highest BCUT2D eigenvalue weighted by molar-refractivity contribution is 5.46. The van der Waals surface area contributed by atoms with Crippen molar-refractivity contribution in [3.8, 4) is 5.75 Å². The Bertz CT molecular complexity index is 293. The third-order valence-corrected chi connectivity index (χ3v) is 2.63. The van der Waals surface area contributed by atoms with E-state index in [0.717, 1.165) is 37.9 Å². The summed E-state index contributed by atoms with van der Waals surface area (Å²) in [5, 5.41) is 6.68. The Morgan fingerprint density at radius 1 is 1.33 bits per heavy atom. The quantitative estimate of drug-likeness (QED) is 0.769. The summed E-state index contributed by atoms with van der Waals surface area (Å²) in [4.78, 5) is 0. The van der Waals surface area contributed by atoms with Gasteiger partial charge >= 0.3 is 0 Å². The average molecular weight is 206 g/mol. The standard InChI is InChI=1S/C12H18N2O/c1-2-15-12-5-3-11(4-6-12)14-9-10-7-13-8-10/h3-6,10,13-14H,2,7-9H2,1H3. The van der Waals surface area contributed by atoms with E-state index in [0.29, 0.717) is 0 Å². The van der Waals surface area contributed by atoms with E-state index in [4.69, 9.17) is 4.74 Å². The van der Waals surface area contributed by atoms with Crippen LogP contribution in [0.5, 0.6) is 5.75 Å². The van der Waals surface area contributed by atoms with Crippen molar-refractivity contribution >= 4 is 5.69 Å². The molecule has 1 aliphatic rings. The van der Waals surface area contributed by atoms with Crippen LogP contribution >= 0.6 is 0 Å². The fourth-order valence-electron chi connectivity index (χ4n) is 1.59. The zero-order chi connectivity index (χ0) is 10.5. The molecule has 0 spiro atoms. The van der Waals surface area contributed by atoms with E-state index >= 15 is 0 Å². The van der Waals surface area contributed by atoms with Crippen LogP contribution in [0, 0.1) is 5.92 Å². The highest BCUT2D eigenvalue weighted by atomic mass is 16.5. The van der Waals surface area contributed by atoms with Gasteiger partial charge < -0.3 is 15.4 Å². The molecule has 0 bridgehead atoms. The Labute approximate surface area is 90.8 Å². The van der Waals surface area contributed by atoms with Crippen LogP contribution < -0.4 is 15.4 Å². The molecule has 0 radical (unpaired) electrons. The van der Waals surface area contributed by atoms with Gasteiger partial charge in [0.2, 0.25) is 0 Å². The fourth-order valence-corrected chi connectivity index (χ4v) is 1.59. The van der Waals surface area contributed by atoms with Crippen molar-refractivity contribution in [2.24, 2.45) is 5.92 Å². The number of nitrogens with one attached hydrogen (secondary N) is 2. The van der Waals surface area contributed by atoms with Crippen LogP contribution in [0.2, 0.25) is 0 Å². The first-order valence-corrected chi connectivity index (χ1v) is 5.56. The van der Waals surface area contributed by atoms with Crippen LogP contribution in [0.15, 0.2) is 24.3 Å². The summed E-state index contributed by atoms with van der Waals surface area (Å²) in [6.45, 7) is 6.06. The highest BCUT2D eigenvalue weighted by Gasteiger charge is 2.15. The second-order valence-electron chi connectivity index (χ2n) is 3.86. The van der Waals surface area contributed by atoms with E-state index in [9.17, 15) is 0 Å². The van der Waals surface area contributed by atoms with Crippen LogP contribution in [0.25, 0.3) is 0 Å². The monoisotopic (exact) mass is 206 g/mol. The van der Waals surface area contributed by atoms with Crippen molar-refractivity contribution in [1.29, 1.82) is 0 Å². The minimum Gasteiger partial charge on any atom is -0.494 e. The predicted molar refractivity (Wildman–Crippen MR) is 62.5 cm³/mol. The van der Waals surface area contributed by atoms with Crippen LogP contribution in [0.1, 0.15) is 6.92 Å². The lowest BCUT2D eigenvalue weighted by atomic mass is 10.0. The van der Waals surface area contributed by atoms with Crippen LogP contribution in [0.3, 0.4) is 0 Å². The van der Waals surface area contributed by atoms with Crippen molar-refractivity contribution < 1.29 is 4.74 Å². The lowest BCUT2D eigenvalue weighted by molar-refractivity contribution is 0.340. The zero-order valence-corrected chi connectivity index (χ0v) is 9.12. The first kappa shape index (κ1) is 10.3. The molecular formula is C12H18N2O. The molecule has 0 amide bonds. The number of ether oxygens (including phenoxy) is 1. The van der Waals surface area contributed by atoms with Crippen molar-refractivity contribution in [3.05, 3.63) is 24.3 Å². The summed E-state index contributed by atoms with van der Waals surface area (Å²) in [5.41, 5.74) is 1.17. The van der Waals surface area contributed by atoms with Gasteiger partial charge in [-0.1, -0.05) is 0 Å². The Kier molecular flexibility index (Phi) is 3.45. The molecule has 3 nitrogen and oxygen atoms in total. The molecule has 0 aliphatic carbocycles. The summed E-state index contributed by atoms with van der Waals surface area (Å²) < 4.78 is 5.38. The first-order valence-electron chi connectivity index (χ1n) is 5.56. The van der Waals surface area contributed by atoms with Crippen molar-refractivity contribution in [2.75, 3.05) is 31.6 Å². The summed E-state index contributed by atoms with van der Waals surface area (Å²) >= 11 is 0. The van der Waals surface area contributed by atoms with Crippen molar-refractivity contribution in [2.45, 2.75) is 6.92 Å². The molecular weight excluding hydrogens is 188 g/mol. The molecule has 15 heavy (non-hydrogen) atoms. The number of rotatable bonds is 5. The predicted octanol–water partition coefficient (Wildman–Crippen LogP) is 1.72. The van der Waals surface area contributed by atoms with E-state index < -0.39 is 0 Å². The zero-order valence-electron chi connectivity index (χ0n) is 9.12. The number of hydrogen-bond donors (Lipinski definition) is 2. The molecule has 0 unspecified atom stereocenters. The van der Waals surface area contributed by atoms with Gasteiger partial charge in [-0.25, -0.2) is 0 Å². The number of anilines is 1. The minimum absolute atomic E-state index is 0.723. The molecule has 1 aromatic carbocycles. The van der Waals surface area contributed by atoms with Gasteiger partial charge in [0, 0.05) is 31.2 Å². The second kappa shape index (κ2) is 5.03. The van der Waals surface area contributed by atoms with Gasteiger partial charge in [0.1, 0.15) is 5.75 Å². The molecule has 1 saturated heterocycles. The topological polar surface area (TPSA) is 33.3 Å². The van der Waals surface area contributed by atoms with Gasteiger partial charge in [0.15, 0.2) is 0 Å². The van der Waals surface area contributed by atoms with Gasteiger partial charge in [-0.3, -0.25) is 0 Å². The summed E-state index contributed by atoms with van der Waals surface area (Å²) in [6, 6.07) is 8.14. The Hall–Kier alpha value is -1.22. The Balaban J connectivity index is 1.80. The number of hydrogen-bond acceptors (Lipinski definition) is 3. The molecule has 82 valence electrons. The Morgan fingerprint density at radius 2 is 2.07 bits per heavy atom. The maximum absolute atomic E-state index is 5.38. The minimum atomic E-state index is 0.723. The molecule has 0 saturated carbocycles. The SMILES string of the molecule is CCOc1ccc(NCC2CNC2)cc1. The van der Waals surface area contributed by atoms with Gasteiger partial charge in [-0.05, 0) is 31.2 Å². The molecule has 3 heteroatoms. The van der Waals surface area contributed by atoms with Gasteiger partial charge in [-0.15, -0.1) is 0 Å². The lowest BCUT2D eigenvalue weighted by Gasteiger charge is -2.27. The lowest BCUT2D eigenvalue weighted by Crippen LogP contribution is -2.45. The molecule has 1 heterocycles. The second-order valence-corrected chi connectivity index (χ2v) is 3.86. The first-order chi connectivity index (χ1) is 7.38. The maximum atomic E-state index is 5.38. The molecule has 1 aromatic rings. The summed E-state index contributed by atoms with van der Waals surface area (Å²) in [6.07, 6.45) is 0. The van der Waals surface area contributed by atoms with E-state index in [1.165, 1.54) is 5.69 Å². The van der Waals surface area contributed by atoms with Gasteiger partial charge in [0.05, 0.1) is 6.61 Å². The largest absolute Gasteiger partial charge is 0.494 e. The Morgan fingerprint density at radius 3 is 2.60 bits per heavy atom. The molecule has 2 rings (SSSR count). The van der Waals surface area contributed by atoms with Crippen molar-refractivity contribution in [1.82, 2.24) is 5.32 Å². The molecule has 0 aromatic heterocycles. The van der Waals surface area contributed by atoms with Crippen LogP contribution in [-0.2, 0) is 0 Å². The van der Waals surface area contributed by atoms with E-state index in [1.807, 2.05) is 19.1 Å². The molecule has 2 N–H and O–H groups in total. The number of benzene rings is 1. The van der Waals surface area contributed by atoms with Gasteiger partial charge in [0.25, 0.3) is 0 Å². The molecule has 1 fully saturated rings. The van der Waals surface area contributed by atoms with Crippen LogP contribution in [-0.4, -0.2) is 26.2 Å².